The average molecular weight is 491 g/mol. The van der Waals surface area contributed by atoms with E-state index in [1.165, 1.54) is 6.21 Å². The Morgan fingerprint density at radius 2 is 1.89 bits per heavy atom. The Morgan fingerprint density at radius 1 is 1.11 bits per heavy atom. The summed E-state index contributed by atoms with van der Waals surface area (Å²) in [6, 6.07) is 19.4. The molecule has 0 saturated carbocycles. The summed E-state index contributed by atoms with van der Waals surface area (Å²) < 4.78 is 10.7. The van der Waals surface area contributed by atoms with Gasteiger partial charge in [0, 0.05) is 17.7 Å². The minimum absolute atomic E-state index is 0.0185. The van der Waals surface area contributed by atoms with E-state index in [0.29, 0.717) is 34.5 Å². The molecule has 35 heavy (non-hydrogen) atoms. The zero-order chi connectivity index (χ0) is 24.6. The zero-order valence-electron chi connectivity index (χ0n) is 18.8. The maximum atomic E-state index is 12.2. The maximum Gasteiger partial charge on any atom is 0.338 e. The average Bonchev–Trinajstić information content (AvgIpc) is 3.46. The van der Waals surface area contributed by atoms with Crippen LogP contribution in [0.5, 0.6) is 0 Å². The van der Waals surface area contributed by atoms with Crippen LogP contribution in [0.15, 0.2) is 81.4 Å². The van der Waals surface area contributed by atoms with Gasteiger partial charge in [0.15, 0.2) is 5.17 Å². The summed E-state index contributed by atoms with van der Waals surface area (Å²) in [6.07, 6.45) is 1.44. The fraction of sp³-hybridized carbons (Fsp3) is 0.160. The van der Waals surface area contributed by atoms with Crippen molar-refractivity contribution in [1.29, 1.82) is 0 Å². The molecule has 0 unspecified atom stereocenters. The topological polar surface area (TPSA) is 122 Å². The molecule has 1 saturated heterocycles. The molecule has 4 rings (SSSR count). The largest absolute Gasteiger partial charge is 0.462 e. The lowest BCUT2D eigenvalue weighted by atomic mass is 10.1. The molecule has 10 heteroatoms. The molecule has 9 nitrogen and oxygen atoms in total. The van der Waals surface area contributed by atoms with Crippen molar-refractivity contribution in [2.24, 2.45) is 10.2 Å². The molecule has 2 heterocycles. The number of carbonyl (C=O) groups excluding carboxylic acids is 3. The van der Waals surface area contributed by atoms with Crippen molar-refractivity contribution in [3.63, 3.8) is 0 Å². The minimum Gasteiger partial charge on any atom is -0.462 e. The fourth-order valence-electron chi connectivity index (χ4n) is 3.19. The van der Waals surface area contributed by atoms with E-state index in [1.807, 2.05) is 18.2 Å². The molecule has 2 N–H and O–H groups in total. The number of hydrogen-bond acceptors (Lipinski definition) is 8. The van der Waals surface area contributed by atoms with E-state index < -0.39 is 5.25 Å². The normalized spacial score (nSPS) is 16.4. The highest BCUT2D eigenvalue weighted by Gasteiger charge is 2.32. The lowest BCUT2D eigenvalue weighted by Gasteiger charge is -2.06. The first-order valence-electron chi connectivity index (χ1n) is 10.8. The number of carbonyl (C=O) groups is 3. The van der Waals surface area contributed by atoms with E-state index in [2.05, 4.69) is 20.8 Å². The fourth-order valence-corrected chi connectivity index (χ4v) is 4.11. The molecule has 1 fully saturated rings. The third kappa shape index (κ3) is 6.45. The maximum absolute atomic E-state index is 12.2. The highest BCUT2D eigenvalue weighted by atomic mass is 32.2. The Labute approximate surface area is 205 Å². The van der Waals surface area contributed by atoms with E-state index in [4.69, 9.17) is 9.15 Å². The van der Waals surface area contributed by atoms with Crippen molar-refractivity contribution in [2.75, 3.05) is 11.9 Å². The van der Waals surface area contributed by atoms with Crippen LogP contribution in [-0.2, 0) is 14.3 Å². The molecular weight excluding hydrogens is 468 g/mol. The van der Waals surface area contributed by atoms with Crippen LogP contribution in [0.3, 0.4) is 0 Å². The van der Waals surface area contributed by atoms with Crippen LogP contribution in [0.1, 0.15) is 29.5 Å². The molecule has 0 bridgehead atoms. The van der Waals surface area contributed by atoms with Crippen molar-refractivity contribution in [3.05, 3.63) is 78.1 Å². The molecule has 0 spiro atoms. The van der Waals surface area contributed by atoms with E-state index in [0.717, 1.165) is 17.3 Å². The summed E-state index contributed by atoms with van der Waals surface area (Å²) in [4.78, 5) is 36.2. The van der Waals surface area contributed by atoms with Crippen LogP contribution >= 0.6 is 11.8 Å². The second kappa shape index (κ2) is 11.3. The van der Waals surface area contributed by atoms with Crippen molar-refractivity contribution < 1.29 is 23.5 Å². The van der Waals surface area contributed by atoms with Crippen molar-refractivity contribution in [2.45, 2.75) is 18.6 Å². The standard InChI is InChI=1S/C25H22N4O5S/c1-2-33-24(32)17-10-8-16(9-11-17)20-13-12-19(34-20)15-26-29-25-28-23(31)21(35-25)14-22(30)27-18-6-4-3-5-7-18/h3-13,15,21H,2,14H2,1H3,(H,27,30)(H,28,29,31)/b26-15-/t21-/m0/s1. The van der Waals surface area contributed by atoms with Gasteiger partial charge in [0.25, 0.3) is 0 Å². The number of amidine groups is 1. The van der Waals surface area contributed by atoms with Gasteiger partial charge in [-0.25, -0.2) is 4.79 Å². The second-order valence-electron chi connectivity index (χ2n) is 7.36. The Bertz CT molecular complexity index is 1270. The van der Waals surface area contributed by atoms with Gasteiger partial charge in [0.1, 0.15) is 16.8 Å². The molecule has 1 atom stereocenters. The van der Waals surface area contributed by atoms with Gasteiger partial charge >= 0.3 is 5.97 Å². The summed E-state index contributed by atoms with van der Waals surface area (Å²) in [5, 5.41) is 13.1. The molecule has 1 aliphatic rings. The summed E-state index contributed by atoms with van der Waals surface area (Å²) in [5.74, 6) is 0.140. The number of nitrogens with zero attached hydrogens (tertiary/aromatic N) is 2. The van der Waals surface area contributed by atoms with Gasteiger partial charge in [-0.1, -0.05) is 42.1 Å². The molecular formula is C25H22N4O5S. The van der Waals surface area contributed by atoms with Crippen LogP contribution in [0.25, 0.3) is 11.3 Å². The van der Waals surface area contributed by atoms with Gasteiger partial charge in [-0.3, -0.25) is 9.59 Å². The molecule has 3 aromatic rings. The number of hydrogen-bond donors (Lipinski definition) is 2. The van der Waals surface area contributed by atoms with Gasteiger partial charge in [-0.2, -0.15) is 5.10 Å². The number of benzene rings is 2. The molecule has 0 radical (unpaired) electrons. The predicted octanol–water partition coefficient (Wildman–Crippen LogP) is 4.07. The highest BCUT2D eigenvalue weighted by Crippen LogP contribution is 2.24. The van der Waals surface area contributed by atoms with Crippen LogP contribution < -0.4 is 10.6 Å². The Morgan fingerprint density at radius 3 is 2.63 bits per heavy atom. The van der Waals surface area contributed by atoms with Crippen molar-refractivity contribution in [3.8, 4) is 11.3 Å². The third-order valence-electron chi connectivity index (χ3n) is 4.85. The number of nitrogens with one attached hydrogen (secondary N) is 2. The number of esters is 1. The zero-order valence-corrected chi connectivity index (χ0v) is 19.6. The third-order valence-corrected chi connectivity index (χ3v) is 5.92. The van der Waals surface area contributed by atoms with Crippen LogP contribution in [0.2, 0.25) is 0 Å². The Hall–Kier alpha value is -4.18. The van der Waals surface area contributed by atoms with Gasteiger partial charge in [0.05, 0.1) is 18.4 Å². The summed E-state index contributed by atoms with van der Waals surface area (Å²) in [6.45, 7) is 2.07. The van der Waals surface area contributed by atoms with Gasteiger partial charge in [0.2, 0.25) is 11.8 Å². The minimum atomic E-state index is -0.583. The second-order valence-corrected chi connectivity index (χ2v) is 8.56. The molecule has 0 aliphatic carbocycles. The lowest BCUT2D eigenvalue weighted by molar-refractivity contribution is -0.122. The van der Waals surface area contributed by atoms with Crippen LogP contribution in [0.4, 0.5) is 5.69 Å². The van der Waals surface area contributed by atoms with Crippen molar-refractivity contribution in [1.82, 2.24) is 5.32 Å². The number of anilines is 1. The number of ether oxygens (including phenoxy) is 1. The summed E-state index contributed by atoms with van der Waals surface area (Å²) in [5.41, 5.74) is 1.93. The van der Waals surface area contributed by atoms with Gasteiger partial charge < -0.3 is 19.8 Å². The van der Waals surface area contributed by atoms with Crippen molar-refractivity contribution >= 4 is 46.6 Å². The first-order valence-corrected chi connectivity index (χ1v) is 11.7. The quantitative estimate of drug-likeness (QED) is 0.279. The van der Waals surface area contributed by atoms with E-state index >= 15 is 0 Å². The molecule has 1 aromatic heterocycles. The first kappa shape index (κ1) is 24.0. The monoisotopic (exact) mass is 490 g/mol. The highest BCUT2D eigenvalue weighted by molar-refractivity contribution is 8.15. The van der Waals surface area contributed by atoms with Gasteiger partial charge in [-0.05, 0) is 43.3 Å². The Balaban J connectivity index is 1.31. The summed E-state index contributed by atoms with van der Waals surface area (Å²) in [7, 11) is 0. The Kier molecular flexibility index (Phi) is 7.74. The number of furan rings is 1. The number of thioether (sulfide) groups is 1. The molecule has 2 aromatic carbocycles. The van der Waals surface area contributed by atoms with Crippen LogP contribution in [0, 0.1) is 0 Å². The number of para-hydroxylation sites is 1. The number of rotatable bonds is 8. The lowest BCUT2D eigenvalue weighted by Crippen LogP contribution is -2.28. The van der Waals surface area contributed by atoms with E-state index in [1.54, 1.807) is 55.5 Å². The predicted molar refractivity (Wildman–Crippen MR) is 134 cm³/mol. The summed E-state index contributed by atoms with van der Waals surface area (Å²) >= 11 is 1.15. The SMILES string of the molecule is CCOC(=O)c1ccc(-c2ccc(/C=N\N=C3\NC(=O)[C@H](CC(=O)Nc4ccccc4)S3)o2)cc1. The molecule has 2 amide bonds. The molecule has 1 aliphatic heterocycles. The molecule has 178 valence electrons. The van der Waals surface area contributed by atoms with Gasteiger partial charge in [-0.15, -0.1) is 5.10 Å². The van der Waals surface area contributed by atoms with E-state index in [-0.39, 0.29) is 24.2 Å². The number of amides is 2. The smallest absolute Gasteiger partial charge is 0.338 e. The van der Waals surface area contributed by atoms with Crippen LogP contribution in [-0.4, -0.2) is 41.0 Å². The first-order chi connectivity index (χ1) is 17.0. The van der Waals surface area contributed by atoms with E-state index in [9.17, 15) is 14.4 Å².